The third-order valence-corrected chi connectivity index (χ3v) is 2.15. The molecule has 0 unspecified atom stereocenters. The summed E-state index contributed by atoms with van der Waals surface area (Å²) in [7, 11) is -3.67. The molecule has 0 bridgehead atoms. The molecule has 0 rings (SSSR count). The molecule has 0 radical (unpaired) electrons. The van der Waals surface area contributed by atoms with Gasteiger partial charge in [-0.1, -0.05) is 24.8 Å². The van der Waals surface area contributed by atoms with Gasteiger partial charge in [-0.3, -0.25) is 9.55 Å². The molecular weight excluding hydrogens is 292 g/mol. The maximum absolute atomic E-state index is 9.19. The van der Waals surface area contributed by atoms with Crippen molar-refractivity contribution in [3.63, 3.8) is 0 Å². The van der Waals surface area contributed by atoms with E-state index in [1.807, 2.05) is 20.0 Å². The number of aliphatic imine (C=N–C) groups is 1. The molecule has 126 valence electrons. The molecule has 0 aromatic rings. The van der Waals surface area contributed by atoms with Crippen molar-refractivity contribution in [2.24, 2.45) is 16.5 Å². The Labute approximate surface area is 128 Å². The molecule has 0 amide bonds. The minimum Gasteiger partial charge on any atom is -0.370 e. The molecule has 0 aliphatic rings. The number of guanidine groups is 1. The molecule has 21 heavy (non-hydrogen) atoms. The van der Waals surface area contributed by atoms with Crippen molar-refractivity contribution in [1.82, 2.24) is 5.32 Å². The molecule has 0 saturated carbocycles. The van der Waals surface area contributed by atoms with Crippen LogP contribution in [0.15, 0.2) is 16.8 Å². The molecule has 0 aliphatic carbocycles. The topological polar surface area (TPSA) is 131 Å². The maximum Gasteiger partial charge on any atom is 0.261 e. The summed E-state index contributed by atoms with van der Waals surface area (Å²) < 4.78 is 25.9. The van der Waals surface area contributed by atoms with Gasteiger partial charge in [0.25, 0.3) is 10.1 Å². The molecule has 0 aliphatic heterocycles. The zero-order valence-electron chi connectivity index (χ0n) is 13.3. The molecule has 6 N–H and O–H groups in total. The van der Waals surface area contributed by atoms with Crippen LogP contribution < -0.4 is 16.8 Å². The van der Waals surface area contributed by atoms with Gasteiger partial charge in [0, 0.05) is 12.7 Å². The average molecular weight is 322 g/mol. The quantitative estimate of drug-likeness (QED) is 0.230. The van der Waals surface area contributed by atoms with Gasteiger partial charge in [-0.2, -0.15) is 8.42 Å². The van der Waals surface area contributed by atoms with Crippen LogP contribution in [0.5, 0.6) is 0 Å². The highest BCUT2D eigenvalue weighted by atomic mass is 32.2. The summed E-state index contributed by atoms with van der Waals surface area (Å²) in [6.07, 6.45) is 8.49. The van der Waals surface area contributed by atoms with Crippen LogP contribution in [-0.2, 0) is 10.1 Å². The van der Waals surface area contributed by atoms with Crippen LogP contribution in [0.2, 0.25) is 0 Å². The fraction of sp³-hybridized carbons (Fsp3) is 0.769. The summed E-state index contributed by atoms with van der Waals surface area (Å²) in [5.41, 5.74) is 12.3. The van der Waals surface area contributed by atoms with Crippen LogP contribution in [0.25, 0.3) is 0 Å². The zero-order chi connectivity index (χ0) is 16.7. The second-order valence-electron chi connectivity index (χ2n) is 4.92. The third-order valence-electron chi connectivity index (χ3n) is 2.15. The molecule has 7 nitrogen and oxygen atoms in total. The first-order valence-corrected chi connectivity index (χ1v) is 8.84. The number of nitrogens with one attached hydrogen (secondary N) is 1. The van der Waals surface area contributed by atoms with Gasteiger partial charge in [0.15, 0.2) is 5.96 Å². The fourth-order valence-electron chi connectivity index (χ4n) is 1.25. The lowest BCUT2D eigenvalue weighted by molar-refractivity contribution is 0.490. The average Bonchev–Trinajstić information content (AvgIpc) is 2.33. The van der Waals surface area contributed by atoms with Crippen LogP contribution in [0.1, 0.15) is 46.0 Å². The van der Waals surface area contributed by atoms with Crippen LogP contribution >= 0.6 is 0 Å². The maximum atomic E-state index is 9.19. The summed E-state index contributed by atoms with van der Waals surface area (Å²) in [6.45, 7) is 5.63. The number of nitrogens with zero attached hydrogens (tertiary/aromatic N) is 1. The Bertz CT molecular complexity index is 394. The molecule has 0 fully saturated rings. The molecular formula is C13H30N4O3S. The van der Waals surface area contributed by atoms with Crippen molar-refractivity contribution in [2.75, 3.05) is 19.3 Å². The first-order valence-electron chi connectivity index (χ1n) is 6.99. The van der Waals surface area contributed by atoms with Crippen molar-refractivity contribution in [3.05, 3.63) is 11.8 Å². The monoisotopic (exact) mass is 322 g/mol. The van der Waals surface area contributed by atoms with Crippen LogP contribution in [0, 0.1) is 0 Å². The summed E-state index contributed by atoms with van der Waals surface area (Å²) in [5, 5.41) is 2.94. The number of rotatable bonds is 8. The van der Waals surface area contributed by atoms with E-state index < -0.39 is 10.1 Å². The van der Waals surface area contributed by atoms with Gasteiger partial charge in [-0.25, -0.2) is 0 Å². The van der Waals surface area contributed by atoms with Crippen molar-refractivity contribution in [2.45, 2.75) is 46.0 Å². The Kier molecular flexibility index (Phi) is 14.6. The van der Waals surface area contributed by atoms with Crippen LogP contribution in [0.4, 0.5) is 0 Å². The van der Waals surface area contributed by atoms with E-state index in [2.05, 4.69) is 10.3 Å². The minimum absolute atomic E-state index is 0.503. The number of nitrogens with two attached hydrogens (primary N) is 2. The van der Waals surface area contributed by atoms with E-state index in [9.17, 15) is 8.42 Å². The first-order chi connectivity index (χ1) is 9.66. The number of hydrogen-bond donors (Lipinski definition) is 4. The highest BCUT2D eigenvalue weighted by molar-refractivity contribution is 7.85. The van der Waals surface area contributed by atoms with Crippen molar-refractivity contribution >= 4 is 16.1 Å². The van der Waals surface area contributed by atoms with Gasteiger partial charge >= 0.3 is 0 Å². The van der Waals surface area contributed by atoms with E-state index in [-0.39, 0.29) is 0 Å². The van der Waals surface area contributed by atoms with E-state index >= 15 is 0 Å². The standard InChI is InChI=1S/C12H26N4.CH4O3S/c1-11(2)10-16-12(14)15-9-7-5-3-4-6-8-13;1-5(2,3)4/h10H,3-9,13H2,1-2H3,(H3,14,15,16);1H3,(H,2,3,4). The highest BCUT2D eigenvalue weighted by Gasteiger charge is 1.90. The number of allylic oxidation sites excluding steroid dienone is 1. The van der Waals surface area contributed by atoms with Gasteiger partial charge in [-0.15, -0.1) is 0 Å². The summed E-state index contributed by atoms with van der Waals surface area (Å²) in [5.74, 6) is 0.503. The van der Waals surface area contributed by atoms with E-state index in [1.54, 1.807) is 0 Å². The molecule has 0 atom stereocenters. The highest BCUT2D eigenvalue weighted by Crippen LogP contribution is 2.01. The van der Waals surface area contributed by atoms with Gasteiger partial charge < -0.3 is 16.8 Å². The third kappa shape index (κ3) is 32.4. The van der Waals surface area contributed by atoms with Gasteiger partial charge in [-0.05, 0) is 33.2 Å². The van der Waals surface area contributed by atoms with Crippen molar-refractivity contribution in [1.29, 1.82) is 0 Å². The Morgan fingerprint density at radius 3 is 2.14 bits per heavy atom. The lowest BCUT2D eigenvalue weighted by Gasteiger charge is -2.01. The molecule has 0 heterocycles. The summed E-state index contributed by atoms with van der Waals surface area (Å²) >= 11 is 0. The molecule has 0 saturated heterocycles. The SMILES string of the molecule is CC(C)=CNC(N)=NCCCCCCCN.CS(=O)(=O)O. The van der Waals surface area contributed by atoms with Gasteiger partial charge in [0.1, 0.15) is 0 Å². The minimum atomic E-state index is -3.67. The predicted molar refractivity (Wildman–Crippen MR) is 88.7 cm³/mol. The van der Waals surface area contributed by atoms with E-state index in [1.165, 1.54) is 24.8 Å². The Balaban J connectivity index is 0. The lowest BCUT2D eigenvalue weighted by Crippen LogP contribution is -2.27. The normalized spacial score (nSPS) is 11.4. The Morgan fingerprint density at radius 2 is 1.67 bits per heavy atom. The lowest BCUT2D eigenvalue weighted by atomic mass is 10.1. The molecule has 0 aromatic heterocycles. The van der Waals surface area contributed by atoms with Crippen LogP contribution in [-0.4, -0.2) is 38.3 Å². The smallest absolute Gasteiger partial charge is 0.261 e. The predicted octanol–water partition coefficient (Wildman–Crippen LogP) is 1.23. The summed E-state index contributed by atoms with van der Waals surface area (Å²) in [6, 6.07) is 0. The molecule has 0 spiro atoms. The first kappa shape index (κ1) is 22.2. The fourth-order valence-corrected chi connectivity index (χ4v) is 1.25. The Hall–Kier alpha value is -1.12. The largest absolute Gasteiger partial charge is 0.370 e. The number of hydrogen-bond acceptors (Lipinski definition) is 4. The van der Waals surface area contributed by atoms with Gasteiger partial charge in [0.05, 0.1) is 6.26 Å². The Morgan fingerprint density at radius 1 is 1.19 bits per heavy atom. The van der Waals surface area contributed by atoms with Crippen LogP contribution in [0.3, 0.4) is 0 Å². The second kappa shape index (κ2) is 13.8. The van der Waals surface area contributed by atoms with Gasteiger partial charge in [0.2, 0.25) is 0 Å². The van der Waals surface area contributed by atoms with E-state index in [0.717, 1.165) is 25.9 Å². The molecule has 8 heteroatoms. The van der Waals surface area contributed by atoms with E-state index in [0.29, 0.717) is 12.2 Å². The second-order valence-corrected chi connectivity index (χ2v) is 6.39. The summed E-state index contributed by atoms with van der Waals surface area (Å²) in [4.78, 5) is 4.23. The zero-order valence-corrected chi connectivity index (χ0v) is 14.1. The van der Waals surface area contributed by atoms with E-state index in [4.69, 9.17) is 16.0 Å². The number of unbranched alkanes of at least 4 members (excludes halogenated alkanes) is 4. The molecule has 0 aromatic carbocycles. The van der Waals surface area contributed by atoms with Crippen molar-refractivity contribution in [3.8, 4) is 0 Å². The van der Waals surface area contributed by atoms with Crippen molar-refractivity contribution < 1.29 is 13.0 Å².